The lowest BCUT2D eigenvalue weighted by Crippen LogP contribution is -2.42. The molecule has 0 unspecified atom stereocenters. The fraction of sp³-hybridized carbons (Fsp3) is 0.250. The highest BCUT2D eigenvalue weighted by Gasteiger charge is 2.29. The van der Waals surface area contributed by atoms with Crippen molar-refractivity contribution < 1.29 is 14.7 Å². The molecule has 1 aliphatic heterocycles. The molecule has 0 saturated carbocycles. The quantitative estimate of drug-likeness (QED) is 0.562. The van der Waals surface area contributed by atoms with Crippen LogP contribution in [0.15, 0.2) is 54.7 Å². The molecule has 0 fully saturated rings. The summed E-state index contributed by atoms with van der Waals surface area (Å²) in [7, 11) is 1.74. The van der Waals surface area contributed by atoms with Gasteiger partial charge in [0.2, 0.25) is 0 Å². The van der Waals surface area contributed by atoms with Gasteiger partial charge >= 0.3 is 0 Å². The minimum atomic E-state index is -0.821. The molecule has 0 aliphatic carbocycles. The van der Waals surface area contributed by atoms with Crippen LogP contribution >= 0.6 is 0 Å². The average molecular weight is 364 g/mol. The van der Waals surface area contributed by atoms with Gasteiger partial charge in [0.25, 0.3) is 11.7 Å². The number of benzene rings is 1. The molecular weight excluding hydrogens is 344 g/mol. The number of aliphatic hydroxyl groups is 1. The highest BCUT2D eigenvalue weighted by Crippen LogP contribution is 2.23. The molecule has 1 atom stereocenters. The number of hydrogen-bond donors (Lipinski definition) is 1. The van der Waals surface area contributed by atoms with Crippen LogP contribution in [0.5, 0.6) is 0 Å². The SMILES string of the molecule is Cn1cccc1C(=O)C(=O)N1CCn2nc([C@H](O)c3ccccc3)cc2C1. The maximum atomic E-state index is 12.6. The first-order valence-corrected chi connectivity index (χ1v) is 8.79. The van der Waals surface area contributed by atoms with Crippen LogP contribution in [-0.4, -0.2) is 42.6 Å². The molecule has 138 valence electrons. The highest BCUT2D eigenvalue weighted by molar-refractivity contribution is 6.42. The third kappa shape index (κ3) is 3.17. The van der Waals surface area contributed by atoms with E-state index < -0.39 is 17.8 Å². The number of carbonyl (C=O) groups is 2. The summed E-state index contributed by atoms with van der Waals surface area (Å²) in [6.45, 7) is 1.19. The largest absolute Gasteiger partial charge is 0.382 e. The Balaban J connectivity index is 1.52. The lowest BCUT2D eigenvalue weighted by Gasteiger charge is -2.27. The van der Waals surface area contributed by atoms with E-state index in [4.69, 9.17) is 0 Å². The van der Waals surface area contributed by atoms with Gasteiger partial charge in [0, 0.05) is 19.8 Å². The fourth-order valence-corrected chi connectivity index (χ4v) is 3.35. The molecular formula is C20H20N4O3. The molecule has 1 amide bonds. The Morgan fingerprint density at radius 2 is 1.89 bits per heavy atom. The van der Waals surface area contributed by atoms with Crippen LogP contribution in [0.2, 0.25) is 0 Å². The van der Waals surface area contributed by atoms with E-state index >= 15 is 0 Å². The van der Waals surface area contributed by atoms with Gasteiger partial charge in [-0.15, -0.1) is 0 Å². The predicted octanol–water partition coefficient (Wildman–Crippen LogP) is 1.53. The van der Waals surface area contributed by atoms with Gasteiger partial charge in [0.1, 0.15) is 6.10 Å². The van der Waals surface area contributed by atoms with E-state index in [2.05, 4.69) is 5.10 Å². The van der Waals surface area contributed by atoms with Crippen LogP contribution < -0.4 is 0 Å². The first-order chi connectivity index (χ1) is 13.0. The zero-order valence-electron chi connectivity index (χ0n) is 14.9. The van der Waals surface area contributed by atoms with Crippen LogP contribution in [0, 0.1) is 0 Å². The standard InChI is InChI=1S/C20H20N4O3/c1-22-9-5-8-17(22)19(26)20(27)23-10-11-24-15(13-23)12-16(21-24)18(25)14-6-3-2-4-7-14/h2-9,12,18,25H,10-11,13H2,1H3/t18-/m1/s1. The van der Waals surface area contributed by atoms with Gasteiger partial charge in [-0.1, -0.05) is 30.3 Å². The summed E-state index contributed by atoms with van der Waals surface area (Å²) in [6.07, 6.45) is 0.918. The van der Waals surface area contributed by atoms with E-state index in [1.807, 2.05) is 30.3 Å². The van der Waals surface area contributed by atoms with E-state index in [0.29, 0.717) is 31.0 Å². The predicted molar refractivity (Wildman–Crippen MR) is 97.9 cm³/mol. The summed E-state index contributed by atoms with van der Waals surface area (Å²) in [4.78, 5) is 26.6. The summed E-state index contributed by atoms with van der Waals surface area (Å²) >= 11 is 0. The molecule has 1 N–H and O–H groups in total. The zero-order valence-corrected chi connectivity index (χ0v) is 14.9. The number of aromatic nitrogens is 3. The Labute approximate surface area is 156 Å². The van der Waals surface area contributed by atoms with Crippen molar-refractivity contribution >= 4 is 11.7 Å². The summed E-state index contributed by atoms with van der Waals surface area (Å²) in [5, 5.41) is 15.0. The first kappa shape index (κ1) is 17.2. The Morgan fingerprint density at radius 1 is 1.11 bits per heavy atom. The lowest BCUT2D eigenvalue weighted by molar-refractivity contribution is -0.127. The highest BCUT2D eigenvalue weighted by atomic mass is 16.3. The molecule has 1 aliphatic rings. The normalized spacial score (nSPS) is 14.7. The second-order valence-corrected chi connectivity index (χ2v) is 6.66. The van der Waals surface area contributed by atoms with E-state index in [1.54, 1.807) is 40.7 Å². The number of aryl methyl sites for hydroxylation is 1. The van der Waals surface area contributed by atoms with E-state index in [-0.39, 0.29) is 0 Å². The first-order valence-electron chi connectivity index (χ1n) is 8.79. The van der Waals surface area contributed by atoms with Gasteiger partial charge in [-0.05, 0) is 23.8 Å². The van der Waals surface area contributed by atoms with Gasteiger partial charge in [0.15, 0.2) is 0 Å². The van der Waals surface area contributed by atoms with Crippen molar-refractivity contribution in [2.45, 2.75) is 19.2 Å². The summed E-state index contributed by atoms with van der Waals surface area (Å²) in [5.74, 6) is -1.03. The van der Waals surface area contributed by atoms with Gasteiger partial charge < -0.3 is 14.6 Å². The van der Waals surface area contributed by atoms with Crippen molar-refractivity contribution in [3.63, 3.8) is 0 Å². The van der Waals surface area contributed by atoms with Crippen molar-refractivity contribution in [1.82, 2.24) is 19.2 Å². The Hall–Kier alpha value is -3.19. The maximum Gasteiger partial charge on any atom is 0.296 e. The molecule has 7 nitrogen and oxygen atoms in total. The smallest absolute Gasteiger partial charge is 0.296 e. The summed E-state index contributed by atoms with van der Waals surface area (Å²) < 4.78 is 3.43. The third-order valence-corrected chi connectivity index (χ3v) is 4.87. The zero-order chi connectivity index (χ0) is 19.0. The van der Waals surface area contributed by atoms with Crippen molar-refractivity contribution in [2.24, 2.45) is 7.05 Å². The molecule has 0 spiro atoms. The maximum absolute atomic E-state index is 12.6. The van der Waals surface area contributed by atoms with E-state index in [9.17, 15) is 14.7 Å². The lowest BCUT2D eigenvalue weighted by atomic mass is 10.1. The van der Waals surface area contributed by atoms with Crippen LogP contribution in [0.4, 0.5) is 0 Å². The topological polar surface area (TPSA) is 80.4 Å². The minimum Gasteiger partial charge on any atom is -0.382 e. The number of hydrogen-bond acceptors (Lipinski definition) is 4. The van der Waals surface area contributed by atoms with E-state index in [0.717, 1.165) is 11.3 Å². The number of aliphatic hydroxyl groups excluding tert-OH is 1. The van der Waals surface area contributed by atoms with Crippen molar-refractivity contribution in [2.75, 3.05) is 6.54 Å². The molecule has 7 heteroatoms. The average Bonchev–Trinajstić information content (AvgIpc) is 3.32. The molecule has 0 saturated heterocycles. The molecule has 0 bridgehead atoms. The van der Waals surface area contributed by atoms with Crippen LogP contribution in [-0.2, 0) is 24.9 Å². The number of carbonyl (C=O) groups excluding carboxylic acids is 2. The Bertz CT molecular complexity index is 990. The minimum absolute atomic E-state index is 0.295. The van der Waals surface area contributed by atoms with Crippen molar-refractivity contribution in [3.05, 3.63) is 77.4 Å². The summed E-state index contributed by atoms with van der Waals surface area (Å²) in [6, 6.07) is 14.5. The second kappa shape index (κ2) is 6.85. The number of rotatable bonds is 4. The number of amides is 1. The van der Waals surface area contributed by atoms with Gasteiger partial charge in [-0.25, -0.2) is 0 Å². The number of ketones is 1. The molecule has 27 heavy (non-hydrogen) atoms. The Morgan fingerprint density at radius 3 is 2.59 bits per heavy atom. The molecule has 2 aromatic heterocycles. The number of Topliss-reactive ketones (excluding diaryl/α,β-unsaturated/α-hetero) is 1. The summed E-state index contributed by atoms with van der Waals surface area (Å²) in [5.41, 5.74) is 2.48. The number of nitrogens with zero attached hydrogens (tertiary/aromatic N) is 4. The fourth-order valence-electron chi connectivity index (χ4n) is 3.35. The Kier molecular flexibility index (Phi) is 4.37. The van der Waals surface area contributed by atoms with E-state index in [1.165, 1.54) is 4.90 Å². The van der Waals surface area contributed by atoms with Crippen molar-refractivity contribution in [3.8, 4) is 0 Å². The molecule has 3 aromatic rings. The van der Waals surface area contributed by atoms with Crippen molar-refractivity contribution in [1.29, 1.82) is 0 Å². The molecule has 4 rings (SSSR count). The van der Waals surface area contributed by atoms with Gasteiger partial charge in [-0.3, -0.25) is 14.3 Å². The van der Waals surface area contributed by atoms with Gasteiger partial charge in [0.05, 0.1) is 30.2 Å². The van der Waals surface area contributed by atoms with Gasteiger partial charge in [-0.2, -0.15) is 5.10 Å². The molecule has 1 aromatic carbocycles. The second-order valence-electron chi connectivity index (χ2n) is 6.66. The van der Waals surface area contributed by atoms with Crippen LogP contribution in [0.1, 0.15) is 33.5 Å². The van der Waals surface area contributed by atoms with Crippen LogP contribution in [0.25, 0.3) is 0 Å². The molecule has 3 heterocycles. The number of fused-ring (bicyclic) bond motifs is 1. The monoisotopic (exact) mass is 364 g/mol. The third-order valence-electron chi connectivity index (χ3n) is 4.87. The van der Waals surface area contributed by atoms with Crippen LogP contribution in [0.3, 0.4) is 0 Å². The molecule has 0 radical (unpaired) electrons.